The first-order valence-electron chi connectivity index (χ1n) is 8.06. The van der Waals surface area contributed by atoms with Gasteiger partial charge in [-0.1, -0.05) is 6.07 Å². The first kappa shape index (κ1) is 14.7. The summed E-state index contributed by atoms with van der Waals surface area (Å²) in [6.45, 7) is 5.97. The van der Waals surface area contributed by atoms with Crippen LogP contribution in [0.25, 0.3) is 0 Å². The highest BCUT2D eigenvalue weighted by Crippen LogP contribution is 2.31. The lowest BCUT2D eigenvalue weighted by atomic mass is 9.98. The molecule has 1 fully saturated rings. The van der Waals surface area contributed by atoms with Gasteiger partial charge in [0.25, 0.3) is 0 Å². The highest BCUT2D eigenvalue weighted by atomic mass is 16.6. The molecule has 0 bridgehead atoms. The molecule has 2 heterocycles. The zero-order chi connectivity index (χ0) is 14.7. The Morgan fingerprint density at radius 1 is 1.24 bits per heavy atom. The van der Waals surface area contributed by atoms with Gasteiger partial charge in [0.15, 0.2) is 11.5 Å². The molecular weight excluding hydrogens is 264 g/mol. The molecule has 4 nitrogen and oxygen atoms in total. The number of ether oxygens (including phenoxy) is 2. The maximum atomic E-state index is 5.66. The number of hydrogen-bond acceptors (Lipinski definition) is 4. The largest absolute Gasteiger partial charge is 0.486 e. The molecule has 21 heavy (non-hydrogen) atoms. The summed E-state index contributed by atoms with van der Waals surface area (Å²) < 4.78 is 11.2. The summed E-state index contributed by atoms with van der Waals surface area (Å²) in [7, 11) is 2.07. The molecule has 1 aromatic carbocycles. The summed E-state index contributed by atoms with van der Waals surface area (Å²) in [4.78, 5) is 2.60. The van der Waals surface area contributed by atoms with Crippen LogP contribution >= 0.6 is 0 Å². The van der Waals surface area contributed by atoms with E-state index in [0.717, 1.165) is 24.5 Å². The molecule has 0 saturated carbocycles. The van der Waals surface area contributed by atoms with Gasteiger partial charge in [-0.3, -0.25) is 0 Å². The fraction of sp³-hybridized carbons (Fsp3) is 0.647. The molecule has 116 valence electrons. The first-order valence-corrected chi connectivity index (χ1v) is 8.06. The maximum absolute atomic E-state index is 5.66. The van der Waals surface area contributed by atoms with Gasteiger partial charge < -0.3 is 19.7 Å². The van der Waals surface area contributed by atoms with Crippen molar-refractivity contribution in [1.82, 2.24) is 10.2 Å². The first-order chi connectivity index (χ1) is 10.3. The third-order valence-corrected chi connectivity index (χ3v) is 4.72. The van der Waals surface area contributed by atoms with Crippen LogP contribution in [0.2, 0.25) is 0 Å². The van der Waals surface area contributed by atoms with Crippen LogP contribution in [0.5, 0.6) is 11.5 Å². The lowest BCUT2D eigenvalue weighted by Gasteiger charge is -2.37. The summed E-state index contributed by atoms with van der Waals surface area (Å²) in [6, 6.07) is 7.69. The van der Waals surface area contributed by atoms with E-state index in [2.05, 4.69) is 36.3 Å². The van der Waals surface area contributed by atoms with E-state index in [1.54, 1.807) is 0 Å². The number of fused-ring (bicyclic) bond motifs is 1. The van der Waals surface area contributed by atoms with Crippen LogP contribution in [-0.2, 0) is 6.42 Å². The molecule has 2 aliphatic rings. The average Bonchev–Trinajstić information content (AvgIpc) is 2.53. The van der Waals surface area contributed by atoms with Crippen molar-refractivity contribution in [3.8, 4) is 11.5 Å². The van der Waals surface area contributed by atoms with Gasteiger partial charge in [-0.2, -0.15) is 0 Å². The third kappa shape index (κ3) is 3.50. The Morgan fingerprint density at radius 2 is 2.05 bits per heavy atom. The number of benzene rings is 1. The summed E-state index contributed by atoms with van der Waals surface area (Å²) in [5, 5.41) is 3.41. The van der Waals surface area contributed by atoms with Crippen molar-refractivity contribution in [3.05, 3.63) is 23.8 Å². The zero-order valence-corrected chi connectivity index (χ0v) is 13.1. The number of rotatable bonds is 4. The smallest absolute Gasteiger partial charge is 0.161 e. The van der Waals surface area contributed by atoms with Gasteiger partial charge >= 0.3 is 0 Å². The van der Waals surface area contributed by atoms with Gasteiger partial charge in [0, 0.05) is 18.6 Å². The Hall–Kier alpha value is -1.26. The van der Waals surface area contributed by atoms with Crippen LogP contribution in [0.1, 0.15) is 25.3 Å². The SMILES string of the molecule is CNC1CCN(CCc2ccc3c(c2)OCCO3)C(C)C1. The van der Waals surface area contributed by atoms with E-state index >= 15 is 0 Å². The van der Waals surface area contributed by atoms with E-state index in [0.29, 0.717) is 25.3 Å². The Bertz CT molecular complexity index is 478. The molecule has 3 rings (SSSR count). The van der Waals surface area contributed by atoms with E-state index in [9.17, 15) is 0 Å². The minimum Gasteiger partial charge on any atom is -0.486 e. The summed E-state index contributed by atoms with van der Waals surface area (Å²) in [5.74, 6) is 1.79. The summed E-state index contributed by atoms with van der Waals surface area (Å²) in [6.07, 6.45) is 3.57. The molecule has 0 aliphatic carbocycles. The fourth-order valence-electron chi connectivity index (χ4n) is 3.33. The van der Waals surface area contributed by atoms with Crippen LogP contribution in [0, 0.1) is 0 Å². The minimum absolute atomic E-state index is 0.657. The van der Waals surface area contributed by atoms with Crippen LogP contribution in [0.4, 0.5) is 0 Å². The highest BCUT2D eigenvalue weighted by Gasteiger charge is 2.24. The molecule has 2 aliphatic heterocycles. The quantitative estimate of drug-likeness (QED) is 0.920. The second kappa shape index (κ2) is 6.67. The van der Waals surface area contributed by atoms with Gasteiger partial charge in [-0.15, -0.1) is 0 Å². The molecule has 1 N–H and O–H groups in total. The highest BCUT2D eigenvalue weighted by molar-refractivity contribution is 5.43. The van der Waals surface area contributed by atoms with E-state index in [1.807, 2.05) is 6.07 Å². The second-order valence-corrected chi connectivity index (χ2v) is 6.12. The lowest BCUT2D eigenvalue weighted by Crippen LogP contribution is -2.47. The second-order valence-electron chi connectivity index (χ2n) is 6.12. The topological polar surface area (TPSA) is 33.7 Å². The predicted molar refractivity (Wildman–Crippen MR) is 84.3 cm³/mol. The molecule has 0 radical (unpaired) electrons. The van der Waals surface area contributed by atoms with E-state index < -0.39 is 0 Å². The third-order valence-electron chi connectivity index (χ3n) is 4.72. The average molecular weight is 290 g/mol. The van der Waals surface area contributed by atoms with Gasteiger partial charge in [0.1, 0.15) is 13.2 Å². The van der Waals surface area contributed by atoms with Crippen molar-refractivity contribution in [1.29, 1.82) is 0 Å². The standard InChI is InChI=1S/C17H26N2O2/c1-13-11-15(18-2)6-8-19(13)7-5-14-3-4-16-17(12-14)21-10-9-20-16/h3-4,12-13,15,18H,5-11H2,1-2H3. The molecule has 2 atom stereocenters. The Balaban J connectivity index is 1.55. The summed E-state index contributed by atoms with van der Waals surface area (Å²) in [5.41, 5.74) is 1.34. The Kier molecular flexibility index (Phi) is 4.66. The van der Waals surface area contributed by atoms with Crippen LogP contribution in [0.3, 0.4) is 0 Å². The molecule has 1 saturated heterocycles. The van der Waals surface area contributed by atoms with Crippen LogP contribution in [-0.4, -0.2) is 50.3 Å². The normalized spacial score (nSPS) is 25.8. The van der Waals surface area contributed by atoms with E-state index in [-0.39, 0.29) is 0 Å². The van der Waals surface area contributed by atoms with Crippen molar-refractivity contribution < 1.29 is 9.47 Å². The minimum atomic E-state index is 0.657. The van der Waals surface area contributed by atoms with E-state index in [1.165, 1.54) is 24.9 Å². The van der Waals surface area contributed by atoms with Crippen LogP contribution in [0.15, 0.2) is 18.2 Å². The van der Waals surface area contributed by atoms with Gasteiger partial charge in [0.05, 0.1) is 0 Å². The number of nitrogens with zero attached hydrogens (tertiary/aromatic N) is 1. The fourth-order valence-corrected chi connectivity index (χ4v) is 3.33. The predicted octanol–water partition coefficient (Wildman–Crippen LogP) is 2.07. The molecule has 0 aromatic heterocycles. The number of piperidine rings is 1. The van der Waals surface area contributed by atoms with Crippen molar-refractivity contribution in [2.75, 3.05) is 33.4 Å². The maximum Gasteiger partial charge on any atom is 0.161 e. The van der Waals surface area contributed by atoms with Crippen LogP contribution < -0.4 is 14.8 Å². The van der Waals surface area contributed by atoms with Gasteiger partial charge in [0.2, 0.25) is 0 Å². The Morgan fingerprint density at radius 3 is 2.81 bits per heavy atom. The van der Waals surface area contributed by atoms with Crippen molar-refractivity contribution in [2.24, 2.45) is 0 Å². The molecule has 2 unspecified atom stereocenters. The number of hydrogen-bond donors (Lipinski definition) is 1. The number of nitrogens with one attached hydrogen (secondary N) is 1. The molecule has 0 spiro atoms. The molecule has 4 heteroatoms. The molecular formula is C17H26N2O2. The van der Waals surface area contributed by atoms with Crippen molar-refractivity contribution >= 4 is 0 Å². The van der Waals surface area contributed by atoms with Crippen molar-refractivity contribution in [3.63, 3.8) is 0 Å². The summed E-state index contributed by atoms with van der Waals surface area (Å²) >= 11 is 0. The zero-order valence-electron chi connectivity index (χ0n) is 13.1. The van der Waals surface area contributed by atoms with Gasteiger partial charge in [-0.05, 0) is 57.5 Å². The van der Waals surface area contributed by atoms with E-state index in [4.69, 9.17) is 9.47 Å². The lowest BCUT2D eigenvalue weighted by molar-refractivity contribution is 0.140. The molecule has 1 aromatic rings. The van der Waals surface area contributed by atoms with Gasteiger partial charge in [-0.25, -0.2) is 0 Å². The monoisotopic (exact) mass is 290 g/mol. The number of likely N-dealkylation sites (tertiary alicyclic amines) is 1. The van der Waals surface area contributed by atoms with Crippen molar-refractivity contribution in [2.45, 2.75) is 38.3 Å². The Labute approximate surface area is 127 Å². The molecule has 0 amide bonds.